The molecule has 4 unspecified atom stereocenters. The number of quaternary nitrogens is 1. The van der Waals surface area contributed by atoms with Crippen LogP contribution in [0.5, 0.6) is 0 Å². The number of esters is 1. The van der Waals surface area contributed by atoms with Crippen LogP contribution in [-0.4, -0.2) is 59.9 Å². The van der Waals surface area contributed by atoms with Crippen LogP contribution in [0.3, 0.4) is 0 Å². The molecule has 5 heterocycles. The lowest BCUT2D eigenvalue weighted by Gasteiger charge is -2.45. The fourth-order valence-corrected chi connectivity index (χ4v) is 5.36. The van der Waals surface area contributed by atoms with Crippen LogP contribution >= 0.6 is 22.7 Å². The normalized spacial score (nSPS) is 40.4. The van der Waals surface area contributed by atoms with E-state index in [1.807, 2.05) is 0 Å². The third-order valence-electron chi connectivity index (χ3n) is 5.36. The van der Waals surface area contributed by atoms with E-state index in [1.165, 1.54) is 0 Å². The minimum Gasteiger partial charge on any atom is -1.00 e. The largest absolute Gasteiger partial charge is 1.00 e. The van der Waals surface area contributed by atoms with Crippen LogP contribution in [0, 0.1) is 0 Å². The lowest BCUT2D eigenvalue weighted by molar-refractivity contribution is -0.938. The summed E-state index contributed by atoms with van der Waals surface area (Å²) in [5, 5.41) is 10.9. The van der Waals surface area contributed by atoms with E-state index in [1.54, 1.807) is 0 Å². The van der Waals surface area contributed by atoms with Gasteiger partial charge in [0.2, 0.25) is 5.60 Å². The molecule has 0 aromatic carbocycles. The number of fused-ring (bicyclic) bond motifs is 5. The number of thiophene rings is 2. The standard InChI is InChI=1S/C19H22NO4S2.BrH/c1-20(2)12-9-11(10-13(20)17-16(12)24-17)23-18(21)19(22,14-5-3-7-25-14)15-6-4-8-26-15;/h3-8,11-13,16-17,22H,9-10H2,1-2H3;1H/q+1;/p-1/i1D3,2D3,3D,4D,5D,6D,7D,8D;. The Morgan fingerprint density at radius 2 is 1.81 bits per heavy atom. The predicted octanol–water partition coefficient (Wildman–Crippen LogP) is -0.650. The van der Waals surface area contributed by atoms with Gasteiger partial charge in [0, 0.05) is 12.8 Å². The molecule has 2 bridgehead atoms. The summed E-state index contributed by atoms with van der Waals surface area (Å²) in [5.74, 6) is -1.39. The summed E-state index contributed by atoms with van der Waals surface area (Å²) in [4.78, 5) is 12.7. The highest BCUT2D eigenvalue weighted by Gasteiger charge is 2.71. The van der Waals surface area contributed by atoms with E-state index in [-0.39, 0.29) is 29.8 Å². The monoisotopic (exact) mass is 483 g/mol. The van der Waals surface area contributed by atoms with E-state index >= 15 is 0 Å². The van der Waals surface area contributed by atoms with Crippen LogP contribution in [0.25, 0.3) is 0 Å². The van der Waals surface area contributed by atoms with Crippen molar-refractivity contribution in [1.82, 2.24) is 0 Å². The molecular weight excluding hydrogens is 450 g/mol. The molecule has 0 spiro atoms. The Morgan fingerprint density at radius 1 is 1.26 bits per heavy atom. The smallest absolute Gasteiger partial charge is 0.349 e. The minimum atomic E-state index is -2.91. The first-order chi connectivity index (χ1) is 17.4. The van der Waals surface area contributed by atoms with Gasteiger partial charge in [-0.3, -0.25) is 0 Å². The van der Waals surface area contributed by atoms with Crippen LogP contribution in [0.2, 0.25) is 0 Å². The highest BCUT2D eigenvalue weighted by molar-refractivity contribution is 7.12. The highest BCUT2D eigenvalue weighted by atomic mass is 79.9. The van der Waals surface area contributed by atoms with Gasteiger partial charge in [0.15, 0.2) is 0 Å². The maximum Gasteiger partial charge on any atom is 0.349 e. The number of morpholine rings is 1. The molecule has 0 aliphatic carbocycles. The number of likely N-dealkylation sites (N-methyl/N-ethyl adjacent to an activating group) is 1. The third kappa shape index (κ3) is 2.84. The van der Waals surface area contributed by atoms with Crippen molar-refractivity contribution >= 4 is 28.6 Å². The third-order valence-corrected chi connectivity index (χ3v) is 6.97. The molecule has 4 atom stereocenters. The number of carbonyl (C=O) groups is 1. The molecule has 3 fully saturated rings. The Hall–Kier alpha value is -0.770. The molecule has 3 saturated heterocycles. The van der Waals surface area contributed by atoms with E-state index in [4.69, 9.17) is 25.9 Å². The van der Waals surface area contributed by atoms with E-state index in [9.17, 15) is 9.90 Å². The molecule has 1 N–H and O–H groups in total. The van der Waals surface area contributed by atoms with Gasteiger partial charge in [-0.1, -0.05) is 12.1 Å². The number of carbonyl (C=O) groups excluding carboxylic acids is 1. The maximum absolute atomic E-state index is 13.6. The average Bonchev–Trinajstić information content (AvgIpc) is 3.46. The zero-order valence-electron chi connectivity index (χ0n) is 25.6. The van der Waals surface area contributed by atoms with Gasteiger partial charge in [-0.05, 0) is 22.8 Å². The Kier molecular flexibility index (Phi) is 2.42. The van der Waals surface area contributed by atoms with Crippen molar-refractivity contribution in [1.29, 1.82) is 0 Å². The number of ether oxygens (including phenoxy) is 2. The molecule has 146 valence electrons. The quantitative estimate of drug-likeness (QED) is 0.356. The van der Waals surface area contributed by atoms with E-state index < -0.39 is 105 Å². The maximum atomic E-state index is 13.6. The van der Waals surface area contributed by atoms with Crippen LogP contribution in [-0.2, 0) is 19.9 Å². The molecule has 5 rings (SSSR count). The van der Waals surface area contributed by atoms with Crippen molar-refractivity contribution in [3.63, 3.8) is 0 Å². The second-order valence-electron chi connectivity index (χ2n) is 6.75. The van der Waals surface area contributed by atoms with Crippen molar-refractivity contribution < 1.29 is 57.3 Å². The second kappa shape index (κ2) is 6.64. The fourth-order valence-electron chi connectivity index (χ4n) is 4.02. The SMILES string of the molecule is [2H]c1sc(C(O)(C(=O)OC2CC3C4OC4C(C2)[N+]3(C([2H])([2H])[2H])C([2H])([2H])[2H])c2sc([2H])c([2H])c2[2H])c([2H])c1[2H].[Br-]. The predicted molar refractivity (Wildman–Crippen MR) is 99.1 cm³/mol. The second-order valence-corrected chi connectivity index (χ2v) is 8.39. The molecule has 8 heteroatoms. The van der Waals surface area contributed by atoms with Gasteiger partial charge >= 0.3 is 5.97 Å². The zero-order chi connectivity index (χ0) is 28.3. The van der Waals surface area contributed by atoms with Gasteiger partial charge in [-0.25, -0.2) is 4.79 Å². The Labute approximate surface area is 193 Å². The molecule has 27 heavy (non-hydrogen) atoms. The summed E-state index contributed by atoms with van der Waals surface area (Å²) in [6, 6.07) is -4.53. The number of nitrogens with zero attached hydrogens (tertiary/aromatic N) is 1. The summed E-state index contributed by atoms with van der Waals surface area (Å²) in [7, 11) is 0. The van der Waals surface area contributed by atoms with E-state index in [0.29, 0.717) is 22.7 Å². The average molecular weight is 484 g/mol. The Balaban J connectivity index is 0.00000353. The summed E-state index contributed by atoms with van der Waals surface area (Å²) < 4.78 is 107. The molecule has 5 nitrogen and oxygen atoms in total. The number of halogens is 1. The molecule has 0 saturated carbocycles. The molecule has 0 amide bonds. The van der Waals surface area contributed by atoms with Crippen molar-refractivity contribution in [2.45, 2.75) is 48.8 Å². The van der Waals surface area contributed by atoms with Crippen molar-refractivity contribution in [3.8, 4) is 0 Å². The molecular formula is C19H22BrNO4S2. The van der Waals surface area contributed by atoms with Gasteiger partial charge in [0.1, 0.15) is 30.4 Å². The van der Waals surface area contributed by atoms with Gasteiger partial charge in [-0.2, -0.15) is 0 Å². The zero-order valence-corrected chi connectivity index (χ0v) is 16.8. The molecule has 2 aromatic rings. The number of rotatable bonds is 4. The molecule has 3 aliphatic heterocycles. The van der Waals surface area contributed by atoms with Gasteiger partial charge in [-0.15, -0.1) is 22.7 Å². The summed E-state index contributed by atoms with van der Waals surface area (Å²) in [6.07, 6.45) is -2.74. The minimum absolute atomic E-state index is 0. The Bertz CT molecular complexity index is 1240. The number of hydrogen-bond donors (Lipinski definition) is 1. The van der Waals surface area contributed by atoms with Crippen LogP contribution < -0.4 is 17.0 Å². The van der Waals surface area contributed by atoms with E-state index in [2.05, 4.69) is 0 Å². The topological polar surface area (TPSA) is 59.1 Å². The number of epoxide rings is 1. The molecule has 2 aromatic heterocycles. The van der Waals surface area contributed by atoms with Crippen molar-refractivity contribution in [3.05, 3.63) is 44.6 Å². The van der Waals surface area contributed by atoms with Crippen molar-refractivity contribution in [2.24, 2.45) is 0 Å². The van der Waals surface area contributed by atoms with Crippen LogP contribution in [0.4, 0.5) is 0 Å². The lowest BCUT2D eigenvalue weighted by atomic mass is 9.95. The Morgan fingerprint density at radius 3 is 2.26 bits per heavy atom. The lowest BCUT2D eigenvalue weighted by Crippen LogP contribution is -3.00. The van der Waals surface area contributed by atoms with Crippen LogP contribution in [0.15, 0.2) is 34.9 Å². The van der Waals surface area contributed by atoms with Crippen LogP contribution in [0.1, 0.15) is 39.0 Å². The van der Waals surface area contributed by atoms with E-state index in [0.717, 1.165) is 0 Å². The molecule has 3 aliphatic rings. The van der Waals surface area contributed by atoms with Gasteiger partial charge < -0.3 is 36.0 Å². The highest BCUT2D eigenvalue weighted by Crippen LogP contribution is 2.52. The summed E-state index contributed by atoms with van der Waals surface area (Å²) in [6.45, 7) is -5.82. The molecule has 0 radical (unpaired) electrons. The fraction of sp³-hybridized carbons (Fsp3) is 0.526. The number of hydrogen-bond acceptors (Lipinski definition) is 6. The van der Waals surface area contributed by atoms with Crippen molar-refractivity contribution in [2.75, 3.05) is 14.0 Å². The number of piperidine rings is 1. The first-order valence-corrected chi connectivity index (χ1v) is 9.64. The van der Waals surface area contributed by atoms with Gasteiger partial charge in [0.25, 0.3) is 0 Å². The number of aliphatic hydroxyl groups is 1. The first-order valence-electron chi connectivity index (χ1n) is 14.0. The summed E-state index contributed by atoms with van der Waals surface area (Å²) >= 11 is 0.908. The van der Waals surface area contributed by atoms with Gasteiger partial charge in [0.05, 0.1) is 40.2 Å². The summed E-state index contributed by atoms with van der Waals surface area (Å²) in [5.41, 5.74) is -2.89. The first kappa shape index (κ1) is 9.82.